The number of nitrogens with one attached hydrogen (secondary N) is 1. The van der Waals surface area contributed by atoms with Gasteiger partial charge < -0.3 is 5.32 Å². The van der Waals surface area contributed by atoms with Crippen molar-refractivity contribution in [2.24, 2.45) is 0 Å². The molecule has 1 N–H and O–H groups in total. The highest BCUT2D eigenvalue weighted by Crippen LogP contribution is 2.22. The number of nitrogens with zero attached hydrogens (tertiary/aromatic N) is 4. The molecule has 1 amide bonds. The van der Waals surface area contributed by atoms with Crippen LogP contribution in [0.15, 0.2) is 48.9 Å². The summed E-state index contributed by atoms with van der Waals surface area (Å²) in [6.07, 6.45) is 5.06. The average Bonchev–Trinajstić information content (AvgIpc) is 3.08. The predicted molar refractivity (Wildman–Crippen MR) is 96.8 cm³/mol. The van der Waals surface area contributed by atoms with Crippen LogP contribution >= 0.6 is 0 Å². The van der Waals surface area contributed by atoms with Crippen molar-refractivity contribution in [3.05, 3.63) is 60.2 Å². The number of aromatic nitrogens is 4. The first-order valence-electron chi connectivity index (χ1n) is 8.21. The minimum atomic E-state index is -0.961. The van der Waals surface area contributed by atoms with Crippen LogP contribution in [0.5, 0.6) is 0 Å². The van der Waals surface area contributed by atoms with E-state index < -0.39 is 18.1 Å². The lowest BCUT2D eigenvalue weighted by atomic mass is 10.1. The molecule has 0 radical (unpaired) electrons. The van der Waals surface area contributed by atoms with Gasteiger partial charge in [0.05, 0.1) is 28.8 Å². The maximum absolute atomic E-state index is 13.0. The molecule has 0 unspecified atom stereocenters. The van der Waals surface area contributed by atoms with Crippen molar-refractivity contribution in [2.75, 3.05) is 6.67 Å². The second-order valence-corrected chi connectivity index (χ2v) is 6.73. The van der Waals surface area contributed by atoms with Crippen LogP contribution in [0.4, 0.5) is 4.39 Å². The lowest BCUT2D eigenvalue weighted by molar-refractivity contribution is 0.0894. The Hall–Kier alpha value is -3.09. The number of hydrogen-bond donors (Lipinski definition) is 1. The van der Waals surface area contributed by atoms with Gasteiger partial charge in [0.2, 0.25) is 0 Å². The van der Waals surface area contributed by atoms with Gasteiger partial charge in [-0.05, 0) is 50.6 Å². The van der Waals surface area contributed by atoms with Gasteiger partial charge >= 0.3 is 0 Å². The molecule has 0 aromatic carbocycles. The van der Waals surface area contributed by atoms with Crippen molar-refractivity contribution in [3.8, 4) is 17.1 Å². The van der Waals surface area contributed by atoms with Crippen LogP contribution in [0.3, 0.4) is 0 Å². The summed E-state index contributed by atoms with van der Waals surface area (Å²) in [6.45, 7) is 4.51. The minimum Gasteiger partial charge on any atom is -0.343 e. The van der Waals surface area contributed by atoms with Gasteiger partial charge in [-0.3, -0.25) is 14.8 Å². The summed E-state index contributed by atoms with van der Waals surface area (Å²) in [6, 6.07) is 9.08. The van der Waals surface area contributed by atoms with Crippen molar-refractivity contribution in [3.63, 3.8) is 0 Å². The number of carbonyl (C=O) groups is 1. The smallest absolute Gasteiger partial charge is 0.272 e. The zero-order valence-electron chi connectivity index (χ0n) is 14.9. The van der Waals surface area contributed by atoms with E-state index in [1.54, 1.807) is 49.3 Å². The third kappa shape index (κ3) is 3.77. The van der Waals surface area contributed by atoms with Crippen molar-refractivity contribution in [1.82, 2.24) is 25.1 Å². The molecule has 134 valence electrons. The Morgan fingerprint density at radius 3 is 2.69 bits per heavy atom. The van der Waals surface area contributed by atoms with Gasteiger partial charge in [-0.2, -0.15) is 5.10 Å². The van der Waals surface area contributed by atoms with Gasteiger partial charge in [-0.25, -0.2) is 9.07 Å². The van der Waals surface area contributed by atoms with Crippen LogP contribution in [-0.2, 0) is 0 Å². The van der Waals surface area contributed by atoms with E-state index in [0.717, 1.165) is 5.56 Å². The summed E-state index contributed by atoms with van der Waals surface area (Å²) >= 11 is 0. The number of rotatable bonds is 5. The Labute approximate surface area is 151 Å². The van der Waals surface area contributed by atoms with Crippen LogP contribution in [0, 0.1) is 6.92 Å². The lowest BCUT2D eigenvalue weighted by Crippen LogP contribution is -2.45. The molecule has 0 atom stereocenters. The van der Waals surface area contributed by atoms with Crippen LogP contribution in [0.25, 0.3) is 17.1 Å². The Kier molecular flexibility index (Phi) is 4.79. The molecule has 0 bridgehead atoms. The molecule has 6 nitrogen and oxygen atoms in total. The van der Waals surface area contributed by atoms with E-state index in [2.05, 4.69) is 20.4 Å². The highest BCUT2D eigenvalue weighted by molar-refractivity contribution is 5.94. The third-order valence-corrected chi connectivity index (χ3v) is 3.79. The molecule has 0 aliphatic heterocycles. The average molecular weight is 353 g/mol. The molecule has 0 saturated heterocycles. The predicted octanol–water partition coefficient (Wildman–Crippen LogP) is 3.12. The van der Waals surface area contributed by atoms with Crippen LogP contribution < -0.4 is 5.32 Å². The fourth-order valence-electron chi connectivity index (χ4n) is 2.37. The topological polar surface area (TPSA) is 72.7 Å². The minimum absolute atomic E-state index is 0.188. The Morgan fingerprint density at radius 2 is 2.08 bits per heavy atom. The van der Waals surface area contributed by atoms with Crippen LogP contribution in [0.1, 0.15) is 29.9 Å². The fraction of sp³-hybridized carbons (Fsp3) is 0.263. The number of aryl methyl sites for hydroxylation is 1. The summed E-state index contributed by atoms with van der Waals surface area (Å²) in [7, 11) is 0. The highest BCUT2D eigenvalue weighted by atomic mass is 19.1. The van der Waals surface area contributed by atoms with Crippen molar-refractivity contribution >= 4 is 5.91 Å². The van der Waals surface area contributed by atoms with E-state index >= 15 is 0 Å². The van der Waals surface area contributed by atoms with Crippen molar-refractivity contribution < 1.29 is 9.18 Å². The van der Waals surface area contributed by atoms with E-state index in [9.17, 15) is 9.18 Å². The van der Waals surface area contributed by atoms with Crippen molar-refractivity contribution in [1.29, 1.82) is 0 Å². The summed E-state index contributed by atoms with van der Waals surface area (Å²) in [5.74, 6) is -0.441. The van der Waals surface area contributed by atoms with E-state index in [-0.39, 0.29) is 5.69 Å². The molecule has 3 rings (SSSR count). The highest BCUT2D eigenvalue weighted by Gasteiger charge is 2.24. The van der Waals surface area contributed by atoms with Gasteiger partial charge in [0.15, 0.2) is 5.69 Å². The first-order chi connectivity index (χ1) is 12.4. The number of pyridine rings is 2. The number of hydrogen-bond acceptors (Lipinski definition) is 4. The first-order valence-corrected chi connectivity index (χ1v) is 8.21. The van der Waals surface area contributed by atoms with Gasteiger partial charge in [0, 0.05) is 12.4 Å². The summed E-state index contributed by atoms with van der Waals surface area (Å²) in [5.41, 5.74) is 2.29. The number of halogens is 1. The molecular weight excluding hydrogens is 333 g/mol. The SMILES string of the molecule is Cc1ccc(-c2cc(C(=O)NC(C)(C)CF)nn2-c2cccnc2)nc1. The molecule has 0 aliphatic rings. The maximum atomic E-state index is 13.0. The maximum Gasteiger partial charge on any atom is 0.272 e. The molecule has 0 fully saturated rings. The molecule has 0 aliphatic carbocycles. The Bertz CT molecular complexity index is 903. The molecule has 0 saturated carbocycles. The molecule has 3 aromatic heterocycles. The van der Waals surface area contributed by atoms with Crippen LogP contribution in [-0.4, -0.2) is 37.9 Å². The quantitative estimate of drug-likeness (QED) is 0.765. The second kappa shape index (κ2) is 7.03. The zero-order chi connectivity index (χ0) is 18.7. The molecular formula is C19H20FN5O. The van der Waals surface area contributed by atoms with Gasteiger partial charge in [0.25, 0.3) is 5.91 Å². The van der Waals surface area contributed by atoms with Gasteiger partial charge in [-0.1, -0.05) is 6.07 Å². The summed E-state index contributed by atoms with van der Waals surface area (Å²) < 4.78 is 14.7. The van der Waals surface area contributed by atoms with Gasteiger partial charge in [-0.15, -0.1) is 0 Å². The zero-order valence-corrected chi connectivity index (χ0v) is 14.9. The first kappa shape index (κ1) is 17.7. The molecule has 7 heteroatoms. The van der Waals surface area contributed by atoms with Crippen molar-refractivity contribution in [2.45, 2.75) is 26.3 Å². The number of alkyl halides is 1. The second-order valence-electron chi connectivity index (χ2n) is 6.73. The van der Waals surface area contributed by atoms with E-state index in [1.165, 1.54) is 0 Å². The lowest BCUT2D eigenvalue weighted by Gasteiger charge is -2.21. The fourth-order valence-corrected chi connectivity index (χ4v) is 2.37. The van der Waals surface area contributed by atoms with E-state index in [1.807, 2.05) is 25.1 Å². The number of carbonyl (C=O) groups excluding carboxylic acids is 1. The van der Waals surface area contributed by atoms with E-state index in [0.29, 0.717) is 17.1 Å². The standard InChI is InChI=1S/C19H20FN5O/c1-13-6-7-15(22-10-13)17-9-16(18(26)23-19(2,3)12-20)24-25(17)14-5-4-8-21-11-14/h4-11H,12H2,1-3H3,(H,23,26). The molecule has 26 heavy (non-hydrogen) atoms. The third-order valence-electron chi connectivity index (χ3n) is 3.79. The molecule has 3 aromatic rings. The molecule has 3 heterocycles. The Balaban J connectivity index is 2.06. The van der Waals surface area contributed by atoms with E-state index in [4.69, 9.17) is 0 Å². The van der Waals surface area contributed by atoms with Crippen LogP contribution in [0.2, 0.25) is 0 Å². The summed E-state index contributed by atoms with van der Waals surface area (Å²) in [4.78, 5) is 21.0. The Morgan fingerprint density at radius 1 is 1.27 bits per heavy atom. The molecule has 0 spiro atoms. The normalized spacial score (nSPS) is 11.4. The monoisotopic (exact) mass is 353 g/mol. The largest absolute Gasteiger partial charge is 0.343 e. The summed E-state index contributed by atoms with van der Waals surface area (Å²) in [5, 5.41) is 7.05. The van der Waals surface area contributed by atoms with Gasteiger partial charge in [0.1, 0.15) is 6.67 Å². The number of amides is 1.